The summed E-state index contributed by atoms with van der Waals surface area (Å²) in [7, 11) is 0. The maximum Gasteiger partial charge on any atom is 0.0406 e. The van der Waals surface area contributed by atoms with E-state index >= 15 is 0 Å². The lowest BCUT2D eigenvalue weighted by Gasteiger charge is -2.51. The summed E-state index contributed by atoms with van der Waals surface area (Å²) < 4.78 is 0.655. The van der Waals surface area contributed by atoms with Crippen molar-refractivity contribution in [2.45, 2.75) is 48.0 Å². The topological polar surface area (TPSA) is 26.0 Å². The van der Waals surface area contributed by atoms with Crippen molar-refractivity contribution in [3.8, 4) is 0 Å². The molecule has 0 heterocycles. The van der Waals surface area contributed by atoms with Gasteiger partial charge in [-0.2, -0.15) is 0 Å². The van der Waals surface area contributed by atoms with Crippen LogP contribution in [0.5, 0.6) is 0 Å². The molecule has 3 atom stereocenters. The van der Waals surface area contributed by atoms with E-state index in [9.17, 15) is 0 Å². The number of hydrogen-bond acceptors (Lipinski definition) is 1. The Kier molecular flexibility index (Phi) is 6.23. The van der Waals surface area contributed by atoms with Gasteiger partial charge in [0.2, 0.25) is 0 Å². The zero-order valence-corrected chi connectivity index (χ0v) is 14.3. The number of hydrogen-bond donors (Lipinski definition) is 1. The van der Waals surface area contributed by atoms with Crippen molar-refractivity contribution < 1.29 is 0 Å². The normalized spacial score (nSPS) is 28.1. The second kappa shape index (κ2) is 6.78. The van der Waals surface area contributed by atoms with Gasteiger partial charge in [0.25, 0.3) is 0 Å². The van der Waals surface area contributed by atoms with Crippen LogP contribution in [0.1, 0.15) is 38.2 Å². The first-order valence-electron chi connectivity index (χ1n) is 6.27. The molecule has 0 spiro atoms. The second-order valence-electron chi connectivity index (χ2n) is 4.95. The zero-order valence-electron chi connectivity index (χ0n) is 10.5. The fourth-order valence-electron chi connectivity index (χ4n) is 2.85. The minimum absolute atomic E-state index is 0. The van der Waals surface area contributed by atoms with Gasteiger partial charge in [-0.05, 0) is 37.0 Å². The summed E-state index contributed by atoms with van der Waals surface area (Å²) >= 11 is 8.53. The summed E-state index contributed by atoms with van der Waals surface area (Å²) in [5, 5.41) is 0.803. The van der Waals surface area contributed by atoms with E-state index in [1.807, 2.05) is 12.1 Å². The van der Waals surface area contributed by atoms with Gasteiger partial charge in [0.05, 0.1) is 0 Å². The maximum atomic E-state index is 6.45. The number of alkyl halides is 1. The number of halogens is 3. The van der Waals surface area contributed by atoms with Crippen molar-refractivity contribution in [3.63, 3.8) is 0 Å². The fraction of sp³-hybridized carbons (Fsp3) is 0.571. The molecule has 4 heteroatoms. The van der Waals surface area contributed by atoms with Gasteiger partial charge >= 0.3 is 0 Å². The van der Waals surface area contributed by atoms with Crippen LogP contribution in [0, 0.1) is 0 Å². The minimum atomic E-state index is 0. The molecule has 2 N–H and O–H groups in total. The molecule has 1 aromatic carbocycles. The summed E-state index contributed by atoms with van der Waals surface area (Å²) in [6.07, 6.45) is 4.74. The van der Waals surface area contributed by atoms with Crippen LogP contribution in [-0.2, 0) is 5.41 Å². The summed E-state index contributed by atoms with van der Waals surface area (Å²) in [5.74, 6) is 0. The summed E-state index contributed by atoms with van der Waals surface area (Å²) in [6, 6.07) is 8.55. The maximum absolute atomic E-state index is 6.45. The highest BCUT2D eigenvalue weighted by Crippen LogP contribution is 2.51. The first-order chi connectivity index (χ1) is 8.11. The predicted octanol–water partition coefficient (Wildman–Crippen LogP) is 4.72. The monoisotopic (exact) mass is 399 g/mol. The molecule has 102 valence electrons. The zero-order chi connectivity index (χ0) is 12.5. The van der Waals surface area contributed by atoms with E-state index in [1.54, 1.807) is 0 Å². The molecule has 1 aliphatic carbocycles. The highest BCUT2D eigenvalue weighted by atomic mass is 127. The molecule has 0 aliphatic heterocycles. The lowest BCUT2D eigenvalue weighted by molar-refractivity contribution is 0.209. The van der Waals surface area contributed by atoms with E-state index in [1.165, 1.54) is 18.4 Å². The molecule has 0 amide bonds. The molecule has 3 unspecified atom stereocenters. The van der Waals surface area contributed by atoms with Crippen molar-refractivity contribution in [2.75, 3.05) is 0 Å². The van der Waals surface area contributed by atoms with E-state index in [-0.39, 0.29) is 23.9 Å². The standard InChI is InChI=1S/C14H19ClIN.ClH/c1-2-3-13(17)14(9-8-12(14)16)10-4-6-11(15)7-5-10;/h4-7,12-13H,2-3,8-9,17H2,1H3;1H. The van der Waals surface area contributed by atoms with Crippen LogP contribution in [0.25, 0.3) is 0 Å². The van der Waals surface area contributed by atoms with E-state index in [0.29, 0.717) is 3.92 Å². The average molecular weight is 400 g/mol. The first kappa shape index (κ1) is 16.5. The molecule has 0 radical (unpaired) electrons. The Bertz CT molecular complexity index is 382. The van der Waals surface area contributed by atoms with Gasteiger partial charge in [0.15, 0.2) is 0 Å². The third-order valence-electron chi connectivity index (χ3n) is 4.01. The predicted molar refractivity (Wildman–Crippen MR) is 90.3 cm³/mol. The number of benzene rings is 1. The highest BCUT2D eigenvalue weighted by Gasteiger charge is 2.50. The van der Waals surface area contributed by atoms with E-state index < -0.39 is 0 Å². The van der Waals surface area contributed by atoms with Crippen molar-refractivity contribution in [2.24, 2.45) is 5.73 Å². The van der Waals surface area contributed by atoms with E-state index in [2.05, 4.69) is 41.6 Å². The Balaban J connectivity index is 0.00000162. The van der Waals surface area contributed by atoms with Crippen LogP contribution in [-0.4, -0.2) is 9.97 Å². The molecule has 18 heavy (non-hydrogen) atoms. The van der Waals surface area contributed by atoms with Gasteiger partial charge in [0, 0.05) is 20.4 Å². The molecular formula is C14H20Cl2IN. The van der Waals surface area contributed by atoms with Crippen LogP contribution in [0.2, 0.25) is 5.02 Å². The average Bonchev–Trinajstić information content (AvgIpc) is 2.31. The largest absolute Gasteiger partial charge is 0.327 e. The smallest absolute Gasteiger partial charge is 0.0406 e. The molecule has 1 nitrogen and oxygen atoms in total. The van der Waals surface area contributed by atoms with Crippen molar-refractivity contribution in [3.05, 3.63) is 34.9 Å². The Morgan fingerprint density at radius 1 is 1.44 bits per heavy atom. The Hall–Kier alpha value is 0.490. The lowest BCUT2D eigenvalue weighted by Crippen LogP contribution is -2.57. The van der Waals surface area contributed by atoms with Crippen LogP contribution in [0.4, 0.5) is 0 Å². The van der Waals surface area contributed by atoms with Crippen molar-refractivity contribution >= 4 is 46.6 Å². The summed E-state index contributed by atoms with van der Waals surface area (Å²) in [6.45, 7) is 2.20. The molecule has 0 bridgehead atoms. The molecule has 0 aromatic heterocycles. The molecule has 0 saturated heterocycles. The van der Waals surface area contributed by atoms with Gasteiger partial charge in [-0.15, -0.1) is 12.4 Å². The number of rotatable bonds is 4. The van der Waals surface area contributed by atoms with Crippen LogP contribution < -0.4 is 5.73 Å². The Morgan fingerprint density at radius 2 is 2.06 bits per heavy atom. The van der Waals surface area contributed by atoms with Gasteiger partial charge < -0.3 is 5.73 Å². The SMILES string of the molecule is CCCC(N)C1(c2ccc(Cl)cc2)CCC1I.Cl. The number of nitrogens with two attached hydrogens (primary N) is 1. The van der Waals surface area contributed by atoms with Crippen molar-refractivity contribution in [1.82, 2.24) is 0 Å². The van der Waals surface area contributed by atoms with Gasteiger partial charge in [-0.25, -0.2) is 0 Å². The molecule has 1 saturated carbocycles. The van der Waals surface area contributed by atoms with Crippen LogP contribution in [0.15, 0.2) is 24.3 Å². The molecule has 2 rings (SSSR count). The summed E-state index contributed by atoms with van der Waals surface area (Å²) in [5.41, 5.74) is 8.00. The summed E-state index contributed by atoms with van der Waals surface area (Å²) in [4.78, 5) is 0. The quantitative estimate of drug-likeness (QED) is 0.575. The van der Waals surface area contributed by atoms with Gasteiger partial charge in [0.1, 0.15) is 0 Å². The van der Waals surface area contributed by atoms with Crippen LogP contribution >= 0.6 is 46.6 Å². The van der Waals surface area contributed by atoms with Crippen molar-refractivity contribution in [1.29, 1.82) is 0 Å². The minimum Gasteiger partial charge on any atom is -0.327 e. The third-order valence-corrected chi connectivity index (χ3v) is 6.00. The third kappa shape index (κ3) is 2.82. The first-order valence-corrected chi connectivity index (χ1v) is 7.89. The highest BCUT2D eigenvalue weighted by molar-refractivity contribution is 14.1. The van der Waals surface area contributed by atoms with Crippen LogP contribution in [0.3, 0.4) is 0 Å². The molecular weight excluding hydrogens is 380 g/mol. The fourth-order valence-corrected chi connectivity index (χ4v) is 4.42. The molecule has 1 fully saturated rings. The van der Waals surface area contributed by atoms with E-state index in [4.69, 9.17) is 17.3 Å². The van der Waals surface area contributed by atoms with Gasteiger partial charge in [-0.3, -0.25) is 0 Å². The molecule has 1 aromatic rings. The Labute approximate surface area is 134 Å². The van der Waals surface area contributed by atoms with E-state index in [0.717, 1.165) is 17.9 Å². The lowest BCUT2D eigenvalue weighted by atomic mass is 9.59. The molecule has 1 aliphatic rings. The van der Waals surface area contributed by atoms with Gasteiger partial charge in [-0.1, -0.05) is 59.7 Å². The Morgan fingerprint density at radius 3 is 2.44 bits per heavy atom. The second-order valence-corrected chi connectivity index (χ2v) is 6.89.